The zero-order valence-corrected chi connectivity index (χ0v) is 11.5. The maximum absolute atomic E-state index is 11.2. The van der Waals surface area contributed by atoms with Crippen molar-refractivity contribution in [2.75, 3.05) is 0 Å². The molecule has 98 valence electrons. The van der Waals surface area contributed by atoms with Gasteiger partial charge in [-0.15, -0.1) is 0 Å². The van der Waals surface area contributed by atoms with Crippen LogP contribution in [0.5, 0.6) is 11.5 Å². The molecular weight excluding hydrogens is 287 g/mol. The fraction of sp³-hybridized carbons (Fsp3) is 0.0714. The second-order valence-corrected chi connectivity index (χ2v) is 4.70. The molecule has 0 unspecified atom stereocenters. The van der Waals surface area contributed by atoms with Gasteiger partial charge in [0.05, 0.1) is 5.02 Å². The van der Waals surface area contributed by atoms with Crippen molar-refractivity contribution in [2.45, 2.75) is 6.92 Å². The highest BCUT2D eigenvalue weighted by Gasteiger charge is 2.16. The Kier molecular flexibility index (Phi) is 3.98. The van der Waals surface area contributed by atoms with Crippen LogP contribution in [0.15, 0.2) is 36.4 Å². The third-order valence-electron chi connectivity index (χ3n) is 2.57. The zero-order chi connectivity index (χ0) is 14.0. The molecule has 3 nitrogen and oxygen atoms in total. The molecule has 5 heteroatoms. The number of halogens is 2. The van der Waals surface area contributed by atoms with Crippen molar-refractivity contribution in [2.24, 2.45) is 0 Å². The van der Waals surface area contributed by atoms with E-state index in [-0.39, 0.29) is 16.3 Å². The number of hydrogen-bond donors (Lipinski definition) is 1. The molecule has 2 aromatic carbocycles. The molecule has 0 bridgehead atoms. The van der Waals surface area contributed by atoms with Crippen LogP contribution in [0.2, 0.25) is 10.0 Å². The van der Waals surface area contributed by atoms with Crippen LogP contribution in [0.1, 0.15) is 15.9 Å². The van der Waals surface area contributed by atoms with Gasteiger partial charge in [0.1, 0.15) is 22.1 Å². The lowest BCUT2D eigenvalue weighted by molar-refractivity contribution is 0.0694. The average molecular weight is 297 g/mol. The second-order valence-electron chi connectivity index (χ2n) is 3.91. The third-order valence-corrected chi connectivity index (χ3v) is 3.37. The maximum atomic E-state index is 11.2. The summed E-state index contributed by atoms with van der Waals surface area (Å²) in [7, 11) is 0. The van der Waals surface area contributed by atoms with E-state index < -0.39 is 5.97 Å². The van der Waals surface area contributed by atoms with Crippen molar-refractivity contribution in [1.82, 2.24) is 0 Å². The summed E-state index contributed by atoms with van der Waals surface area (Å²) < 4.78 is 5.62. The molecule has 0 spiro atoms. The van der Waals surface area contributed by atoms with Crippen LogP contribution < -0.4 is 4.74 Å². The van der Waals surface area contributed by atoms with Crippen LogP contribution in [-0.4, -0.2) is 11.1 Å². The van der Waals surface area contributed by atoms with Crippen LogP contribution in [0.4, 0.5) is 0 Å². The van der Waals surface area contributed by atoms with Crippen LogP contribution in [0.25, 0.3) is 0 Å². The predicted molar refractivity (Wildman–Crippen MR) is 74.7 cm³/mol. The summed E-state index contributed by atoms with van der Waals surface area (Å²) in [4.78, 5) is 11.2. The van der Waals surface area contributed by atoms with Crippen LogP contribution in [-0.2, 0) is 0 Å². The summed E-state index contributed by atoms with van der Waals surface area (Å²) in [6.07, 6.45) is 0. The number of para-hydroxylation sites is 1. The van der Waals surface area contributed by atoms with Gasteiger partial charge < -0.3 is 9.84 Å². The Balaban J connectivity index is 2.49. The molecule has 0 saturated carbocycles. The summed E-state index contributed by atoms with van der Waals surface area (Å²) in [6, 6.07) is 9.84. The predicted octanol–water partition coefficient (Wildman–Crippen LogP) is 4.79. The SMILES string of the molecule is Cc1cccc(C(=O)O)c1Oc1cccc(Cl)c1Cl. The fourth-order valence-electron chi connectivity index (χ4n) is 1.63. The van der Waals surface area contributed by atoms with E-state index in [1.54, 1.807) is 37.3 Å². The first kappa shape index (κ1) is 13.7. The first-order chi connectivity index (χ1) is 9.00. The van der Waals surface area contributed by atoms with Gasteiger partial charge in [-0.1, -0.05) is 41.4 Å². The molecule has 19 heavy (non-hydrogen) atoms. The number of ether oxygens (including phenoxy) is 1. The van der Waals surface area contributed by atoms with Gasteiger partial charge in [0.2, 0.25) is 0 Å². The third kappa shape index (κ3) is 2.83. The first-order valence-electron chi connectivity index (χ1n) is 5.45. The summed E-state index contributed by atoms with van der Waals surface area (Å²) in [6.45, 7) is 1.76. The van der Waals surface area contributed by atoms with Gasteiger partial charge in [0, 0.05) is 0 Å². The number of carboxylic acids is 1. The lowest BCUT2D eigenvalue weighted by Gasteiger charge is -2.13. The van der Waals surface area contributed by atoms with E-state index in [2.05, 4.69) is 0 Å². The van der Waals surface area contributed by atoms with Crippen molar-refractivity contribution < 1.29 is 14.6 Å². The molecule has 0 aliphatic rings. The molecular formula is C14H10Cl2O3. The van der Waals surface area contributed by atoms with Crippen LogP contribution >= 0.6 is 23.2 Å². The molecule has 0 atom stereocenters. The fourth-order valence-corrected chi connectivity index (χ4v) is 1.96. The highest BCUT2D eigenvalue weighted by atomic mass is 35.5. The van der Waals surface area contributed by atoms with E-state index in [1.807, 2.05) is 0 Å². The number of benzene rings is 2. The Hall–Kier alpha value is -1.71. The van der Waals surface area contributed by atoms with E-state index in [0.29, 0.717) is 16.3 Å². The molecule has 0 amide bonds. The minimum atomic E-state index is -1.06. The van der Waals surface area contributed by atoms with Gasteiger partial charge in [-0.2, -0.15) is 0 Å². The second kappa shape index (κ2) is 5.51. The number of rotatable bonds is 3. The minimum Gasteiger partial charge on any atom is -0.478 e. The maximum Gasteiger partial charge on any atom is 0.339 e. The largest absolute Gasteiger partial charge is 0.478 e. The molecule has 0 saturated heterocycles. The summed E-state index contributed by atoms with van der Waals surface area (Å²) in [5, 5.41) is 9.76. The highest BCUT2D eigenvalue weighted by molar-refractivity contribution is 6.42. The number of aromatic carboxylic acids is 1. The van der Waals surface area contributed by atoms with Crippen molar-refractivity contribution >= 4 is 29.2 Å². The Morgan fingerprint density at radius 3 is 2.53 bits per heavy atom. The summed E-state index contributed by atoms with van der Waals surface area (Å²) in [5.41, 5.74) is 0.784. The van der Waals surface area contributed by atoms with Crippen molar-refractivity contribution in [3.63, 3.8) is 0 Å². The minimum absolute atomic E-state index is 0.0797. The van der Waals surface area contributed by atoms with E-state index >= 15 is 0 Å². The summed E-state index contributed by atoms with van der Waals surface area (Å²) in [5.74, 6) is -0.470. The number of aryl methyl sites for hydroxylation is 1. The monoisotopic (exact) mass is 296 g/mol. The van der Waals surface area contributed by atoms with Gasteiger partial charge in [0.15, 0.2) is 0 Å². The van der Waals surface area contributed by atoms with Crippen molar-refractivity contribution in [3.05, 3.63) is 57.6 Å². The van der Waals surface area contributed by atoms with Gasteiger partial charge in [-0.3, -0.25) is 0 Å². The Bertz CT molecular complexity index is 639. The van der Waals surface area contributed by atoms with Crippen LogP contribution in [0, 0.1) is 6.92 Å². The molecule has 0 aliphatic heterocycles. The Labute approximate surface area is 120 Å². The Morgan fingerprint density at radius 1 is 1.16 bits per heavy atom. The molecule has 1 N–H and O–H groups in total. The molecule has 0 aliphatic carbocycles. The molecule has 2 rings (SSSR count). The highest BCUT2D eigenvalue weighted by Crippen LogP contribution is 2.36. The van der Waals surface area contributed by atoms with Crippen LogP contribution in [0.3, 0.4) is 0 Å². The number of carboxylic acid groups (broad SMARTS) is 1. The van der Waals surface area contributed by atoms with Gasteiger partial charge >= 0.3 is 5.97 Å². The van der Waals surface area contributed by atoms with E-state index in [0.717, 1.165) is 0 Å². The lowest BCUT2D eigenvalue weighted by Crippen LogP contribution is -2.01. The lowest BCUT2D eigenvalue weighted by atomic mass is 10.1. The molecule has 2 aromatic rings. The Morgan fingerprint density at radius 2 is 1.84 bits per heavy atom. The van der Waals surface area contributed by atoms with Crippen molar-refractivity contribution in [3.8, 4) is 11.5 Å². The van der Waals surface area contributed by atoms with Gasteiger partial charge in [-0.25, -0.2) is 4.79 Å². The van der Waals surface area contributed by atoms with E-state index in [4.69, 9.17) is 33.0 Å². The smallest absolute Gasteiger partial charge is 0.339 e. The molecule has 0 heterocycles. The molecule has 0 radical (unpaired) electrons. The molecule has 0 fully saturated rings. The quantitative estimate of drug-likeness (QED) is 0.885. The van der Waals surface area contributed by atoms with Gasteiger partial charge in [-0.05, 0) is 30.7 Å². The first-order valence-corrected chi connectivity index (χ1v) is 6.21. The summed E-state index contributed by atoms with van der Waals surface area (Å²) >= 11 is 11.9. The number of hydrogen-bond acceptors (Lipinski definition) is 2. The number of carbonyl (C=O) groups is 1. The van der Waals surface area contributed by atoms with Gasteiger partial charge in [0.25, 0.3) is 0 Å². The standard InChI is InChI=1S/C14H10Cl2O3/c1-8-4-2-5-9(14(17)18)13(8)19-11-7-3-6-10(15)12(11)16/h2-7H,1H3,(H,17,18). The topological polar surface area (TPSA) is 46.5 Å². The zero-order valence-electron chi connectivity index (χ0n) is 9.98. The van der Waals surface area contributed by atoms with E-state index in [1.165, 1.54) is 6.07 Å². The molecule has 0 aromatic heterocycles. The van der Waals surface area contributed by atoms with Crippen molar-refractivity contribution in [1.29, 1.82) is 0 Å². The normalized spacial score (nSPS) is 10.3. The average Bonchev–Trinajstić information content (AvgIpc) is 2.36. The van der Waals surface area contributed by atoms with E-state index in [9.17, 15) is 4.79 Å².